The Balaban J connectivity index is 1.72. The molecule has 0 aliphatic carbocycles. The fourth-order valence-electron chi connectivity index (χ4n) is 2.63. The number of aryl methyl sites for hydroxylation is 1. The third kappa shape index (κ3) is 3.28. The van der Waals surface area contributed by atoms with Gasteiger partial charge in [-0.1, -0.05) is 22.4 Å². The molecule has 0 bridgehead atoms. The molecule has 1 saturated heterocycles. The van der Waals surface area contributed by atoms with Gasteiger partial charge in [0.1, 0.15) is 17.2 Å². The minimum Gasteiger partial charge on any atom is -0.368 e. The summed E-state index contributed by atoms with van der Waals surface area (Å²) in [7, 11) is 0. The Bertz CT molecular complexity index is 599. The first kappa shape index (κ1) is 14.2. The Morgan fingerprint density at radius 2 is 2.00 bits per heavy atom. The van der Waals surface area contributed by atoms with Gasteiger partial charge in [-0.3, -0.25) is 4.90 Å². The molecule has 1 aromatic heterocycles. The van der Waals surface area contributed by atoms with Gasteiger partial charge in [-0.15, -0.1) is 0 Å². The average Bonchev–Trinajstić information content (AvgIpc) is 2.84. The Morgan fingerprint density at radius 3 is 2.67 bits per heavy atom. The van der Waals surface area contributed by atoms with Crippen molar-refractivity contribution in [1.82, 2.24) is 15.2 Å². The van der Waals surface area contributed by atoms with Crippen LogP contribution in [0.15, 0.2) is 28.9 Å². The second-order valence-corrected chi connectivity index (χ2v) is 5.48. The summed E-state index contributed by atoms with van der Waals surface area (Å²) in [6.07, 6.45) is 0.0449. The van der Waals surface area contributed by atoms with Crippen LogP contribution >= 0.6 is 0 Å². The van der Waals surface area contributed by atoms with E-state index in [0.717, 1.165) is 30.0 Å². The number of halogens is 1. The van der Waals surface area contributed by atoms with Gasteiger partial charge in [-0.2, -0.15) is 0 Å². The molecule has 1 fully saturated rings. The summed E-state index contributed by atoms with van der Waals surface area (Å²) >= 11 is 0. The summed E-state index contributed by atoms with van der Waals surface area (Å²) in [6.45, 7) is 6.16. The summed E-state index contributed by atoms with van der Waals surface area (Å²) in [5, 5.41) is 7.73. The second-order valence-electron chi connectivity index (χ2n) is 5.48. The number of nitrogens with zero attached hydrogens (tertiary/aromatic N) is 3. The first-order valence-corrected chi connectivity index (χ1v) is 7.03. The van der Waals surface area contributed by atoms with Crippen molar-refractivity contribution in [3.63, 3.8) is 0 Å². The van der Waals surface area contributed by atoms with Gasteiger partial charge in [0.05, 0.1) is 12.2 Å². The minimum absolute atomic E-state index is 0.0606. The number of ether oxygens (including phenoxy) is 1. The second kappa shape index (κ2) is 5.91. The van der Waals surface area contributed by atoms with Gasteiger partial charge in [-0.05, 0) is 31.5 Å². The highest BCUT2D eigenvalue weighted by Crippen LogP contribution is 2.26. The molecule has 0 N–H and O–H groups in total. The molecule has 2 heterocycles. The van der Waals surface area contributed by atoms with Crippen LogP contribution in [-0.2, 0) is 11.3 Å². The third-order valence-corrected chi connectivity index (χ3v) is 3.70. The quantitative estimate of drug-likeness (QED) is 0.869. The zero-order chi connectivity index (χ0) is 14.8. The normalized spacial score (nSPS) is 23.4. The molecule has 0 saturated carbocycles. The molecule has 3 rings (SSSR count). The van der Waals surface area contributed by atoms with E-state index in [1.807, 2.05) is 13.8 Å². The van der Waals surface area contributed by atoms with E-state index in [1.165, 1.54) is 12.1 Å². The van der Waals surface area contributed by atoms with E-state index in [4.69, 9.17) is 9.37 Å². The molecule has 6 heteroatoms. The molecule has 2 atom stereocenters. The van der Waals surface area contributed by atoms with Crippen LogP contribution in [0, 0.1) is 12.7 Å². The van der Waals surface area contributed by atoms with Crippen LogP contribution in [0.2, 0.25) is 0 Å². The van der Waals surface area contributed by atoms with E-state index >= 15 is 0 Å². The fraction of sp³-hybridized carbons (Fsp3) is 0.467. The van der Waals surface area contributed by atoms with E-state index in [1.54, 1.807) is 12.1 Å². The lowest BCUT2D eigenvalue weighted by Gasteiger charge is -2.36. The molecule has 0 amide bonds. The molecular formula is C15H18FN3O2. The van der Waals surface area contributed by atoms with Crippen LogP contribution in [0.1, 0.15) is 30.0 Å². The molecule has 5 nitrogen and oxygen atoms in total. The first-order valence-electron chi connectivity index (χ1n) is 7.03. The van der Waals surface area contributed by atoms with Gasteiger partial charge < -0.3 is 4.74 Å². The zero-order valence-electron chi connectivity index (χ0n) is 12.1. The summed E-state index contributed by atoms with van der Waals surface area (Å²) < 4.78 is 23.7. The predicted octanol–water partition coefficient (Wildman–Crippen LogP) is 2.48. The maximum atomic E-state index is 13.0. The summed E-state index contributed by atoms with van der Waals surface area (Å²) in [5.41, 5.74) is 2.65. The predicted molar refractivity (Wildman–Crippen MR) is 74.0 cm³/mol. The van der Waals surface area contributed by atoms with Crippen molar-refractivity contribution >= 4 is 0 Å². The van der Waals surface area contributed by atoms with Crippen LogP contribution < -0.4 is 0 Å². The largest absolute Gasteiger partial charge is 0.368 e. The van der Waals surface area contributed by atoms with Gasteiger partial charge in [0.15, 0.2) is 0 Å². The van der Waals surface area contributed by atoms with E-state index in [9.17, 15) is 4.39 Å². The van der Waals surface area contributed by atoms with Crippen LogP contribution in [0.4, 0.5) is 4.39 Å². The van der Waals surface area contributed by atoms with Crippen molar-refractivity contribution in [3.8, 4) is 0 Å². The Labute approximate surface area is 122 Å². The summed E-state index contributed by atoms with van der Waals surface area (Å²) in [4.78, 5) is 2.26. The molecule has 2 unspecified atom stereocenters. The molecule has 1 aliphatic rings. The van der Waals surface area contributed by atoms with Crippen molar-refractivity contribution in [2.75, 3.05) is 13.1 Å². The standard InChI is InChI=1S/C15H18FN3O2/c1-10-7-19(8-14-11(2)17-21-18-14)9-15(20-10)12-3-5-13(16)6-4-12/h3-6,10,15H,7-9H2,1-2H3. The monoisotopic (exact) mass is 291 g/mol. The topological polar surface area (TPSA) is 51.4 Å². The van der Waals surface area contributed by atoms with Crippen LogP contribution in [0.3, 0.4) is 0 Å². The van der Waals surface area contributed by atoms with Crippen molar-refractivity contribution in [2.24, 2.45) is 0 Å². The number of benzene rings is 1. The SMILES string of the molecule is Cc1nonc1CN1CC(C)OC(c2ccc(F)cc2)C1. The number of morpholine rings is 1. The number of hydrogen-bond donors (Lipinski definition) is 0. The zero-order valence-corrected chi connectivity index (χ0v) is 12.1. The lowest BCUT2D eigenvalue weighted by Crippen LogP contribution is -2.42. The average molecular weight is 291 g/mol. The molecule has 112 valence electrons. The highest BCUT2D eigenvalue weighted by molar-refractivity contribution is 5.19. The third-order valence-electron chi connectivity index (χ3n) is 3.70. The van der Waals surface area contributed by atoms with Crippen LogP contribution in [0.25, 0.3) is 0 Å². The maximum Gasteiger partial charge on any atom is 0.123 e. The Kier molecular flexibility index (Phi) is 3.98. The summed E-state index contributed by atoms with van der Waals surface area (Å²) in [6, 6.07) is 6.49. The van der Waals surface area contributed by atoms with E-state index < -0.39 is 0 Å². The van der Waals surface area contributed by atoms with Crippen LogP contribution in [0.5, 0.6) is 0 Å². The molecule has 1 aromatic carbocycles. The first-order chi connectivity index (χ1) is 10.1. The van der Waals surface area contributed by atoms with Gasteiger partial charge in [0.2, 0.25) is 0 Å². The number of rotatable bonds is 3. The van der Waals surface area contributed by atoms with Crippen LogP contribution in [-0.4, -0.2) is 34.4 Å². The Hall–Kier alpha value is -1.79. The highest BCUT2D eigenvalue weighted by Gasteiger charge is 2.27. The van der Waals surface area contributed by atoms with E-state index in [0.29, 0.717) is 6.54 Å². The van der Waals surface area contributed by atoms with Crippen molar-refractivity contribution in [3.05, 3.63) is 47.0 Å². The fourth-order valence-corrected chi connectivity index (χ4v) is 2.63. The van der Waals surface area contributed by atoms with Crippen molar-refractivity contribution in [2.45, 2.75) is 32.6 Å². The summed E-state index contributed by atoms with van der Waals surface area (Å²) in [5.74, 6) is -0.233. The lowest BCUT2D eigenvalue weighted by molar-refractivity contribution is -0.0818. The van der Waals surface area contributed by atoms with Gasteiger partial charge in [-0.25, -0.2) is 9.02 Å². The molecule has 0 spiro atoms. The van der Waals surface area contributed by atoms with Gasteiger partial charge >= 0.3 is 0 Å². The highest BCUT2D eigenvalue weighted by atomic mass is 19.1. The van der Waals surface area contributed by atoms with E-state index in [2.05, 4.69) is 15.2 Å². The molecule has 1 aliphatic heterocycles. The maximum absolute atomic E-state index is 13.0. The number of aromatic nitrogens is 2. The molecule has 21 heavy (non-hydrogen) atoms. The molecular weight excluding hydrogens is 273 g/mol. The smallest absolute Gasteiger partial charge is 0.123 e. The minimum atomic E-state index is -0.233. The lowest BCUT2D eigenvalue weighted by atomic mass is 10.1. The number of hydrogen-bond acceptors (Lipinski definition) is 5. The van der Waals surface area contributed by atoms with Gasteiger partial charge in [0.25, 0.3) is 0 Å². The Morgan fingerprint density at radius 1 is 1.24 bits per heavy atom. The van der Waals surface area contributed by atoms with Crippen molar-refractivity contribution in [1.29, 1.82) is 0 Å². The van der Waals surface area contributed by atoms with Crippen molar-refractivity contribution < 1.29 is 13.8 Å². The van der Waals surface area contributed by atoms with Gasteiger partial charge in [0, 0.05) is 19.6 Å². The van der Waals surface area contributed by atoms with E-state index in [-0.39, 0.29) is 18.0 Å². The molecule has 2 aromatic rings. The molecule has 0 radical (unpaired) electrons.